The van der Waals surface area contributed by atoms with Gasteiger partial charge in [0.2, 0.25) is 0 Å². The van der Waals surface area contributed by atoms with Crippen molar-refractivity contribution in [2.75, 3.05) is 11.5 Å². The van der Waals surface area contributed by atoms with Crippen LogP contribution in [0.4, 0.5) is 0 Å². The van der Waals surface area contributed by atoms with Crippen LogP contribution in [0.25, 0.3) is 0 Å². The Morgan fingerprint density at radius 3 is 1.48 bits per heavy atom. The van der Waals surface area contributed by atoms with E-state index >= 15 is 0 Å². The molecule has 132 valence electrons. The van der Waals surface area contributed by atoms with Crippen LogP contribution < -0.4 is 0 Å². The Balaban J connectivity index is 1.68. The Hall–Kier alpha value is -1.92. The second-order valence-electron chi connectivity index (χ2n) is 5.36. The largest absolute Gasteiger partial charge is 0.478 e. The number of hydrogen-bond acceptors (Lipinski definition) is 4. The van der Waals surface area contributed by atoms with Gasteiger partial charge in [-0.1, -0.05) is 30.7 Å². The van der Waals surface area contributed by atoms with E-state index < -0.39 is 11.9 Å². The SMILES string of the molecule is O=C(O)c1ccccc1SCCCCCSc1ccccc1C(=O)O. The third-order valence-corrected chi connectivity index (χ3v) is 5.86. The van der Waals surface area contributed by atoms with Crippen LogP contribution in [0, 0.1) is 0 Å². The molecule has 0 fully saturated rings. The van der Waals surface area contributed by atoms with E-state index in [9.17, 15) is 9.59 Å². The number of carboxylic acid groups (broad SMARTS) is 2. The van der Waals surface area contributed by atoms with Crippen molar-refractivity contribution < 1.29 is 19.8 Å². The van der Waals surface area contributed by atoms with Gasteiger partial charge in [0, 0.05) is 9.79 Å². The van der Waals surface area contributed by atoms with Crippen LogP contribution in [-0.2, 0) is 0 Å². The summed E-state index contributed by atoms with van der Waals surface area (Å²) in [6.07, 6.45) is 3.03. The van der Waals surface area contributed by atoms with Gasteiger partial charge in [-0.25, -0.2) is 9.59 Å². The first-order valence-corrected chi connectivity index (χ1v) is 9.97. The average Bonchev–Trinajstić information content (AvgIpc) is 2.61. The zero-order valence-electron chi connectivity index (χ0n) is 13.7. The van der Waals surface area contributed by atoms with E-state index in [0.29, 0.717) is 11.1 Å². The maximum Gasteiger partial charge on any atom is 0.336 e. The van der Waals surface area contributed by atoms with Gasteiger partial charge < -0.3 is 10.2 Å². The van der Waals surface area contributed by atoms with Crippen molar-refractivity contribution in [2.24, 2.45) is 0 Å². The molecule has 0 saturated heterocycles. The molecule has 0 saturated carbocycles. The second kappa shape index (κ2) is 10.2. The number of rotatable bonds is 10. The maximum absolute atomic E-state index is 11.1. The smallest absolute Gasteiger partial charge is 0.336 e. The topological polar surface area (TPSA) is 74.6 Å². The molecule has 0 aliphatic rings. The molecule has 0 amide bonds. The van der Waals surface area contributed by atoms with Gasteiger partial charge in [-0.15, -0.1) is 23.5 Å². The van der Waals surface area contributed by atoms with Gasteiger partial charge in [0.1, 0.15) is 0 Å². The van der Waals surface area contributed by atoms with Crippen molar-refractivity contribution >= 4 is 35.5 Å². The quantitative estimate of drug-likeness (QED) is 0.442. The van der Waals surface area contributed by atoms with E-state index in [1.54, 1.807) is 47.8 Å². The molecular formula is C19H20O4S2. The van der Waals surface area contributed by atoms with Gasteiger partial charge in [0.15, 0.2) is 0 Å². The van der Waals surface area contributed by atoms with Crippen LogP contribution in [0.3, 0.4) is 0 Å². The molecule has 0 unspecified atom stereocenters. The molecular weight excluding hydrogens is 356 g/mol. The van der Waals surface area contributed by atoms with Crippen molar-refractivity contribution in [1.29, 1.82) is 0 Å². The minimum Gasteiger partial charge on any atom is -0.478 e. The lowest BCUT2D eigenvalue weighted by Gasteiger charge is -2.06. The summed E-state index contributed by atoms with van der Waals surface area (Å²) in [6, 6.07) is 14.1. The molecule has 0 heterocycles. The fourth-order valence-electron chi connectivity index (χ4n) is 2.28. The van der Waals surface area contributed by atoms with Gasteiger partial charge >= 0.3 is 11.9 Å². The van der Waals surface area contributed by atoms with Crippen molar-refractivity contribution in [3.05, 3.63) is 59.7 Å². The van der Waals surface area contributed by atoms with E-state index in [2.05, 4.69) is 0 Å². The predicted molar refractivity (Wildman–Crippen MR) is 102 cm³/mol. The number of hydrogen-bond donors (Lipinski definition) is 2. The number of carboxylic acids is 2. The Kier molecular flexibility index (Phi) is 7.88. The molecule has 0 radical (unpaired) electrons. The van der Waals surface area contributed by atoms with Crippen molar-refractivity contribution in [2.45, 2.75) is 29.1 Å². The number of benzene rings is 2. The predicted octanol–water partition coefficient (Wildman–Crippen LogP) is 5.14. The standard InChI is InChI=1S/C19H20O4S2/c20-18(21)14-8-2-4-10-16(14)24-12-6-1-7-13-25-17-11-5-3-9-15(17)19(22)23/h2-5,8-11H,1,6-7,12-13H2,(H,20,21)(H,22,23). The lowest BCUT2D eigenvalue weighted by molar-refractivity contribution is 0.0682. The first-order valence-electron chi connectivity index (χ1n) is 8.00. The zero-order valence-corrected chi connectivity index (χ0v) is 15.3. The van der Waals surface area contributed by atoms with Crippen molar-refractivity contribution in [3.8, 4) is 0 Å². The normalized spacial score (nSPS) is 10.6. The summed E-state index contributed by atoms with van der Waals surface area (Å²) in [5.74, 6) is -0.0327. The molecule has 0 aliphatic heterocycles. The fraction of sp³-hybridized carbons (Fsp3) is 0.263. The minimum absolute atomic E-state index is 0.355. The van der Waals surface area contributed by atoms with E-state index in [4.69, 9.17) is 10.2 Å². The molecule has 6 heteroatoms. The van der Waals surface area contributed by atoms with E-state index in [0.717, 1.165) is 40.6 Å². The summed E-state index contributed by atoms with van der Waals surface area (Å²) >= 11 is 3.14. The summed E-state index contributed by atoms with van der Waals surface area (Å²) in [4.78, 5) is 23.9. The maximum atomic E-state index is 11.1. The molecule has 2 aromatic carbocycles. The molecule has 2 rings (SSSR count). The van der Waals surface area contributed by atoms with Gasteiger partial charge in [0.25, 0.3) is 0 Å². The van der Waals surface area contributed by atoms with Gasteiger partial charge in [-0.3, -0.25) is 0 Å². The van der Waals surface area contributed by atoms with Crippen molar-refractivity contribution in [1.82, 2.24) is 0 Å². The van der Waals surface area contributed by atoms with Crippen LogP contribution in [-0.4, -0.2) is 33.7 Å². The minimum atomic E-state index is -0.892. The molecule has 0 spiro atoms. The lowest BCUT2D eigenvalue weighted by atomic mass is 10.2. The van der Waals surface area contributed by atoms with E-state index in [1.165, 1.54) is 0 Å². The highest BCUT2D eigenvalue weighted by atomic mass is 32.2. The van der Waals surface area contributed by atoms with Crippen LogP contribution in [0.5, 0.6) is 0 Å². The monoisotopic (exact) mass is 376 g/mol. The molecule has 2 N–H and O–H groups in total. The highest BCUT2D eigenvalue weighted by Gasteiger charge is 2.10. The number of unbranched alkanes of at least 4 members (excludes halogenated alkanes) is 2. The Morgan fingerprint density at radius 1 is 0.680 bits per heavy atom. The number of thioether (sulfide) groups is 2. The summed E-state index contributed by atoms with van der Waals surface area (Å²) in [5, 5.41) is 18.3. The molecule has 0 aliphatic carbocycles. The molecule has 0 atom stereocenters. The molecule has 25 heavy (non-hydrogen) atoms. The summed E-state index contributed by atoms with van der Waals surface area (Å²) < 4.78 is 0. The fourth-order valence-corrected chi connectivity index (χ4v) is 4.39. The molecule has 4 nitrogen and oxygen atoms in total. The number of aromatic carboxylic acids is 2. The molecule has 2 aromatic rings. The Labute approximate surface area is 155 Å². The first kappa shape index (κ1) is 19.4. The highest BCUT2D eigenvalue weighted by Crippen LogP contribution is 2.26. The molecule has 0 bridgehead atoms. The summed E-state index contributed by atoms with van der Waals surface area (Å²) in [7, 11) is 0. The van der Waals surface area contributed by atoms with Crippen LogP contribution in [0.15, 0.2) is 58.3 Å². The Morgan fingerprint density at radius 2 is 1.08 bits per heavy atom. The van der Waals surface area contributed by atoms with Crippen LogP contribution in [0.2, 0.25) is 0 Å². The van der Waals surface area contributed by atoms with Gasteiger partial charge in [-0.05, 0) is 48.6 Å². The van der Waals surface area contributed by atoms with Crippen LogP contribution >= 0.6 is 23.5 Å². The van der Waals surface area contributed by atoms with Gasteiger partial charge in [-0.2, -0.15) is 0 Å². The zero-order chi connectivity index (χ0) is 18.1. The van der Waals surface area contributed by atoms with Crippen molar-refractivity contribution in [3.63, 3.8) is 0 Å². The second-order valence-corrected chi connectivity index (χ2v) is 7.63. The Bertz CT molecular complexity index is 669. The summed E-state index contributed by atoms with van der Waals surface area (Å²) in [5.41, 5.74) is 0.710. The first-order chi connectivity index (χ1) is 12.1. The molecule has 0 aromatic heterocycles. The van der Waals surface area contributed by atoms with Crippen LogP contribution in [0.1, 0.15) is 40.0 Å². The average molecular weight is 376 g/mol. The lowest BCUT2D eigenvalue weighted by Crippen LogP contribution is -1.99. The van der Waals surface area contributed by atoms with E-state index in [-0.39, 0.29) is 0 Å². The highest BCUT2D eigenvalue weighted by molar-refractivity contribution is 7.99. The van der Waals surface area contributed by atoms with Gasteiger partial charge in [0.05, 0.1) is 11.1 Å². The summed E-state index contributed by atoms with van der Waals surface area (Å²) in [6.45, 7) is 0. The number of carbonyl (C=O) groups is 2. The third-order valence-electron chi connectivity index (χ3n) is 3.54. The third kappa shape index (κ3) is 6.14. The van der Waals surface area contributed by atoms with E-state index in [1.807, 2.05) is 24.3 Å².